The van der Waals surface area contributed by atoms with Crippen LogP contribution in [-0.4, -0.2) is 5.67 Å². The summed E-state index contributed by atoms with van der Waals surface area (Å²) in [5, 5.41) is 0. The normalized spacial score (nSPS) is 21.8. The summed E-state index contributed by atoms with van der Waals surface area (Å²) in [6, 6.07) is 0. The minimum atomic E-state index is -1.03. The van der Waals surface area contributed by atoms with Crippen molar-refractivity contribution in [3.63, 3.8) is 0 Å². The van der Waals surface area contributed by atoms with Crippen LogP contribution in [0, 0.1) is 11.8 Å². The number of allylic oxidation sites excluding steroid dienone is 16. The highest BCUT2D eigenvalue weighted by molar-refractivity contribution is 5.58. The second-order valence-electron chi connectivity index (χ2n) is 13.3. The zero-order chi connectivity index (χ0) is 31.4. The van der Waals surface area contributed by atoms with E-state index >= 15 is 4.39 Å². The minimum absolute atomic E-state index is 0.155. The zero-order valence-corrected chi connectivity index (χ0v) is 28.7. The number of alkyl halides is 1. The van der Waals surface area contributed by atoms with E-state index in [9.17, 15) is 0 Å². The van der Waals surface area contributed by atoms with Crippen molar-refractivity contribution in [3.05, 3.63) is 105 Å². The predicted molar refractivity (Wildman–Crippen MR) is 186 cm³/mol. The molecule has 42 heavy (non-hydrogen) atoms. The maximum absolute atomic E-state index is 15.8. The Hall–Kier alpha value is -2.41. The van der Waals surface area contributed by atoms with Crippen LogP contribution in [0.25, 0.3) is 0 Å². The van der Waals surface area contributed by atoms with Crippen molar-refractivity contribution in [2.75, 3.05) is 0 Å². The van der Waals surface area contributed by atoms with Crippen molar-refractivity contribution >= 4 is 0 Å². The zero-order valence-electron chi connectivity index (χ0n) is 28.7. The molecule has 2 aliphatic carbocycles. The molecule has 0 N–H and O–H groups in total. The third-order valence-corrected chi connectivity index (χ3v) is 9.38. The van der Waals surface area contributed by atoms with E-state index in [1.54, 1.807) is 0 Å². The Kier molecular flexibility index (Phi) is 14.5. The van der Waals surface area contributed by atoms with Gasteiger partial charge in [-0.15, -0.1) is 0 Å². The molecule has 0 nitrogen and oxygen atoms in total. The van der Waals surface area contributed by atoms with Gasteiger partial charge in [-0.25, -0.2) is 4.39 Å². The van der Waals surface area contributed by atoms with E-state index in [4.69, 9.17) is 0 Å². The first kappa shape index (κ1) is 35.8. The van der Waals surface area contributed by atoms with Crippen molar-refractivity contribution in [2.24, 2.45) is 11.8 Å². The molecule has 0 aromatic carbocycles. The highest BCUT2D eigenvalue weighted by Crippen LogP contribution is 2.40. The van der Waals surface area contributed by atoms with Crippen LogP contribution < -0.4 is 0 Å². The molecule has 2 unspecified atom stereocenters. The van der Waals surface area contributed by atoms with E-state index in [0.717, 1.165) is 50.5 Å². The van der Waals surface area contributed by atoms with Gasteiger partial charge >= 0.3 is 0 Å². The highest BCUT2D eigenvalue weighted by Gasteiger charge is 2.33. The summed E-state index contributed by atoms with van der Waals surface area (Å²) in [5.74, 6) is 0.400. The molecule has 2 rings (SSSR count). The van der Waals surface area contributed by atoms with Gasteiger partial charge in [0.05, 0.1) is 0 Å². The molecule has 0 bridgehead atoms. The van der Waals surface area contributed by atoms with E-state index < -0.39 is 5.67 Å². The fourth-order valence-corrected chi connectivity index (χ4v) is 6.76. The molecule has 0 heterocycles. The number of rotatable bonds is 14. The van der Waals surface area contributed by atoms with Crippen LogP contribution in [0.4, 0.5) is 4.39 Å². The van der Waals surface area contributed by atoms with Crippen molar-refractivity contribution in [1.82, 2.24) is 0 Å². The van der Waals surface area contributed by atoms with E-state index in [2.05, 4.69) is 112 Å². The summed E-state index contributed by atoms with van der Waals surface area (Å²) in [6.07, 6.45) is 24.3. The smallest absolute Gasteiger partial charge is 0.111 e. The summed E-state index contributed by atoms with van der Waals surface area (Å²) < 4.78 is 15.8. The summed E-state index contributed by atoms with van der Waals surface area (Å²) in [6.45, 7) is 28.8. The lowest BCUT2D eigenvalue weighted by Crippen LogP contribution is -2.28. The topological polar surface area (TPSA) is 0 Å². The van der Waals surface area contributed by atoms with Gasteiger partial charge in [0.15, 0.2) is 0 Å². The first-order valence-electron chi connectivity index (χ1n) is 16.7. The monoisotopic (exact) mass is 572 g/mol. The third-order valence-electron chi connectivity index (χ3n) is 9.38. The van der Waals surface area contributed by atoms with Crippen LogP contribution in [0.3, 0.4) is 0 Å². The molecule has 0 amide bonds. The third kappa shape index (κ3) is 10.4. The first-order chi connectivity index (χ1) is 19.8. The standard InChI is InChI=1S/C41H61F/c1-12-18-32(8)40(35(11)31(7)13-2)37(14-3)27-33(9)34(10)39(38-21-19-36(20-22-38)25-29(4)5)26-30(6)28-41(42)23-16-15-17-24-41/h14,19-21,26-27,30,38H,4,10,12-13,15-18,22-25,28H2,1-3,5-9,11H3/b33-27-,35-31+,37-14+,39-26+,40-32+. The number of hydrogen-bond acceptors (Lipinski definition) is 0. The number of halogens is 1. The molecule has 0 radical (unpaired) electrons. The van der Waals surface area contributed by atoms with Crippen LogP contribution >= 0.6 is 0 Å². The van der Waals surface area contributed by atoms with Crippen LogP contribution in [0.15, 0.2) is 105 Å². The van der Waals surface area contributed by atoms with Crippen LogP contribution in [-0.2, 0) is 0 Å². The predicted octanol–water partition coefficient (Wildman–Crippen LogP) is 13.4. The van der Waals surface area contributed by atoms with Crippen molar-refractivity contribution in [3.8, 4) is 0 Å². The first-order valence-corrected chi connectivity index (χ1v) is 16.7. The summed E-state index contributed by atoms with van der Waals surface area (Å²) in [7, 11) is 0. The van der Waals surface area contributed by atoms with E-state index in [0.29, 0.717) is 19.3 Å². The van der Waals surface area contributed by atoms with Crippen LogP contribution in [0.5, 0.6) is 0 Å². The highest BCUT2D eigenvalue weighted by atomic mass is 19.1. The second-order valence-corrected chi connectivity index (χ2v) is 13.3. The van der Waals surface area contributed by atoms with E-state index in [1.807, 2.05) is 0 Å². The SMILES string of the molecule is C=C(C)CC1=CCC(/C(=C/C(C)CC2(F)CCCCC2)C(=C)\C(C)=C/C(=C\C)C(=C(\C)CCC)/C(C)=C(\C)CC)C=C1. The molecule has 0 spiro atoms. The van der Waals surface area contributed by atoms with E-state index in [-0.39, 0.29) is 11.8 Å². The molecule has 0 aromatic heterocycles. The number of hydrogen-bond donors (Lipinski definition) is 0. The fourth-order valence-electron chi connectivity index (χ4n) is 6.76. The fraction of sp³-hybridized carbons (Fsp3) is 0.561. The average Bonchev–Trinajstić information content (AvgIpc) is 2.95. The lowest BCUT2D eigenvalue weighted by Gasteiger charge is -2.32. The Morgan fingerprint density at radius 3 is 2.24 bits per heavy atom. The van der Waals surface area contributed by atoms with Crippen LogP contribution in [0.1, 0.15) is 133 Å². The molecule has 0 aromatic rings. The molecule has 0 aliphatic heterocycles. The Bertz CT molecular complexity index is 1180. The lowest BCUT2D eigenvalue weighted by atomic mass is 9.77. The van der Waals surface area contributed by atoms with Gasteiger partial charge < -0.3 is 0 Å². The van der Waals surface area contributed by atoms with Crippen molar-refractivity contribution in [2.45, 2.75) is 139 Å². The van der Waals surface area contributed by atoms with Gasteiger partial charge in [0.25, 0.3) is 0 Å². The molecule has 1 fully saturated rings. The Morgan fingerprint density at radius 2 is 1.71 bits per heavy atom. The summed E-state index contributed by atoms with van der Waals surface area (Å²) in [4.78, 5) is 0. The second kappa shape index (κ2) is 17.0. The maximum Gasteiger partial charge on any atom is 0.111 e. The van der Waals surface area contributed by atoms with Gasteiger partial charge in [0.2, 0.25) is 0 Å². The quantitative estimate of drug-likeness (QED) is 0.143. The Morgan fingerprint density at radius 1 is 1.05 bits per heavy atom. The van der Waals surface area contributed by atoms with Gasteiger partial charge in [-0.3, -0.25) is 0 Å². The maximum atomic E-state index is 15.8. The van der Waals surface area contributed by atoms with Crippen molar-refractivity contribution < 1.29 is 4.39 Å². The Labute approximate surface area is 259 Å². The van der Waals surface area contributed by atoms with Gasteiger partial charge in [-0.2, -0.15) is 0 Å². The van der Waals surface area contributed by atoms with Gasteiger partial charge in [-0.1, -0.05) is 113 Å². The summed E-state index contributed by atoms with van der Waals surface area (Å²) in [5.41, 5.74) is 11.9. The van der Waals surface area contributed by atoms with Gasteiger partial charge in [0, 0.05) is 5.92 Å². The van der Waals surface area contributed by atoms with Gasteiger partial charge in [-0.05, 0) is 131 Å². The molecule has 1 heteroatoms. The average molecular weight is 573 g/mol. The molecule has 1 saturated carbocycles. The largest absolute Gasteiger partial charge is 0.244 e. The molecular weight excluding hydrogens is 511 g/mol. The lowest BCUT2D eigenvalue weighted by molar-refractivity contribution is 0.0853. The Balaban J connectivity index is 2.52. The van der Waals surface area contributed by atoms with Crippen molar-refractivity contribution in [1.29, 1.82) is 0 Å². The molecule has 232 valence electrons. The van der Waals surface area contributed by atoms with Crippen LogP contribution in [0.2, 0.25) is 0 Å². The molecule has 2 atom stereocenters. The van der Waals surface area contributed by atoms with Gasteiger partial charge in [0.1, 0.15) is 5.67 Å². The molecule has 0 saturated heterocycles. The minimum Gasteiger partial charge on any atom is -0.244 e. The molecule has 2 aliphatic rings. The van der Waals surface area contributed by atoms with E-state index in [1.165, 1.54) is 56.6 Å². The molecular formula is C41H61F. The summed E-state index contributed by atoms with van der Waals surface area (Å²) >= 11 is 0.